The molecule has 7 aliphatic rings. The number of aromatic nitrogens is 2. The number of anilines is 2. The second-order valence-electron chi connectivity index (χ2n) is 26.7. The van der Waals surface area contributed by atoms with Crippen LogP contribution in [0.15, 0.2) is 70.3 Å². The summed E-state index contributed by atoms with van der Waals surface area (Å²) in [6.07, 6.45) is 2.16. The van der Waals surface area contributed by atoms with Crippen molar-refractivity contribution >= 4 is 35.0 Å². The lowest BCUT2D eigenvalue weighted by atomic mass is 9.90. The number of H-pyrrole nitrogens is 2. The molecule has 6 N–H and O–H groups in total. The van der Waals surface area contributed by atoms with Crippen LogP contribution in [-0.2, 0) is 52.3 Å². The number of ether oxygens (including phenoxy) is 2. The number of nitrogens with one attached hydrogen (secondary N) is 6. The molecule has 4 amide bonds. The number of hydrogen-bond acceptors (Lipinski definition) is 14. The van der Waals surface area contributed by atoms with Crippen LogP contribution in [0, 0.1) is 11.6 Å². The number of carbonyl (C=O) groups is 4. The van der Waals surface area contributed by atoms with Crippen molar-refractivity contribution in [2.45, 2.75) is 139 Å². The number of morpholine rings is 2. The third-order valence-electron chi connectivity index (χ3n) is 18.8. The molecule has 86 heavy (non-hydrogen) atoms. The van der Waals surface area contributed by atoms with Gasteiger partial charge in [-0.25, -0.2) is 8.78 Å². The monoisotopic (exact) mass is 1190 g/mol. The largest absolute Gasteiger partial charge is 0.366 e. The normalized spacial score (nSPS) is 27.1. The molecule has 0 unspecified atom stereocenters. The molecule has 11 rings (SSSR count). The molecule has 5 fully saturated rings. The van der Waals surface area contributed by atoms with E-state index in [4.69, 9.17) is 9.47 Å². The number of fused-ring (bicyclic) bond motifs is 2. The van der Waals surface area contributed by atoms with E-state index >= 15 is 0 Å². The first kappa shape index (κ1) is 61.4. The summed E-state index contributed by atoms with van der Waals surface area (Å²) in [5, 5.41) is 13.7. The number of amides is 4. The van der Waals surface area contributed by atoms with E-state index in [1.54, 1.807) is 34.1 Å². The predicted molar refractivity (Wildman–Crippen MR) is 324 cm³/mol. The minimum atomic E-state index is -0.648. The zero-order valence-corrected chi connectivity index (χ0v) is 50.7. The van der Waals surface area contributed by atoms with E-state index in [0.29, 0.717) is 153 Å². The highest BCUT2D eigenvalue weighted by Gasteiger charge is 2.44. The van der Waals surface area contributed by atoms with Gasteiger partial charge in [0.15, 0.2) is 0 Å². The van der Waals surface area contributed by atoms with Gasteiger partial charge in [-0.3, -0.25) is 48.4 Å². The van der Waals surface area contributed by atoms with Crippen LogP contribution in [0.3, 0.4) is 0 Å². The molecule has 464 valence electrons. The average Bonchev–Trinajstić information content (AvgIpc) is 1.70. The number of carbonyl (C=O) groups excluding carboxylic acids is 4. The Kier molecular flexibility index (Phi) is 18.5. The molecule has 20 nitrogen and oxygen atoms in total. The van der Waals surface area contributed by atoms with E-state index < -0.39 is 23.0 Å². The lowest BCUT2D eigenvalue weighted by molar-refractivity contribution is -0.141. The van der Waals surface area contributed by atoms with Crippen LogP contribution in [0.5, 0.6) is 0 Å². The van der Waals surface area contributed by atoms with Crippen LogP contribution in [0.4, 0.5) is 20.2 Å². The predicted octanol–water partition coefficient (Wildman–Crippen LogP) is 2.74. The fourth-order valence-corrected chi connectivity index (χ4v) is 14.0. The van der Waals surface area contributed by atoms with Crippen molar-refractivity contribution in [2.75, 3.05) is 115 Å². The molecule has 0 bridgehead atoms. The molecule has 8 heterocycles. The second-order valence-corrected chi connectivity index (χ2v) is 26.7. The Labute approximate surface area is 502 Å². The highest BCUT2D eigenvalue weighted by Crippen LogP contribution is 2.41. The molecule has 4 aromatic rings. The Morgan fingerprint density at radius 1 is 0.581 bits per heavy atom. The smallest absolute Gasteiger partial charge is 0.251 e. The number of halogens is 2. The van der Waals surface area contributed by atoms with E-state index in [1.807, 2.05) is 39.8 Å². The van der Waals surface area contributed by atoms with Crippen LogP contribution in [0.2, 0.25) is 0 Å². The highest BCUT2D eigenvalue weighted by atomic mass is 19.1. The number of hydrogen-bond donors (Lipinski definition) is 6. The number of benzene rings is 2. The van der Waals surface area contributed by atoms with Gasteiger partial charge in [-0.1, -0.05) is 52.0 Å². The van der Waals surface area contributed by atoms with Crippen molar-refractivity contribution < 1.29 is 37.4 Å². The Morgan fingerprint density at radius 2 is 0.965 bits per heavy atom. The third-order valence-corrected chi connectivity index (χ3v) is 18.8. The number of piperazine rings is 2. The quantitative estimate of drug-likeness (QED) is 0.0952. The van der Waals surface area contributed by atoms with Gasteiger partial charge in [0, 0.05) is 161 Å². The summed E-state index contributed by atoms with van der Waals surface area (Å²) in [5.74, 6) is -1.08. The van der Waals surface area contributed by atoms with E-state index in [2.05, 4.69) is 64.7 Å². The first-order valence-electron chi connectivity index (χ1n) is 31.0. The summed E-state index contributed by atoms with van der Waals surface area (Å²) in [5.41, 5.74) is 4.12. The van der Waals surface area contributed by atoms with Crippen LogP contribution in [0.25, 0.3) is 0 Å². The fourth-order valence-electron chi connectivity index (χ4n) is 14.0. The summed E-state index contributed by atoms with van der Waals surface area (Å²) in [4.78, 5) is 102. The molecule has 0 radical (unpaired) electrons. The summed E-state index contributed by atoms with van der Waals surface area (Å²) in [6, 6.07) is 16.1. The van der Waals surface area contributed by atoms with Gasteiger partial charge in [-0.05, 0) is 87.1 Å². The topological polar surface area (TPSA) is 220 Å². The molecular formula is C64H86F2N12O8. The van der Waals surface area contributed by atoms with Crippen LogP contribution >= 0.6 is 0 Å². The molecule has 22 heteroatoms. The highest BCUT2D eigenvalue weighted by molar-refractivity contribution is 5.98. The lowest BCUT2D eigenvalue weighted by Crippen LogP contribution is -2.62. The minimum Gasteiger partial charge on any atom is -0.366 e. The Bertz CT molecular complexity index is 3030. The van der Waals surface area contributed by atoms with Gasteiger partial charge in [0.25, 0.3) is 22.9 Å². The van der Waals surface area contributed by atoms with Gasteiger partial charge >= 0.3 is 0 Å². The zero-order valence-electron chi connectivity index (χ0n) is 50.7. The van der Waals surface area contributed by atoms with E-state index in [9.17, 15) is 37.5 Å². The van der Waals surface area contributed by atoms with E-state index in [1.165, 1.54) is 24.3 Å². The van der Waals surface area contributed by atoms with Gasteiger partial charge in [-0.2, -0.15) is 0 Å². The number of pyridine rings is 2. The van der Waals surface area contributed by atoms with Crippen molar-refractivity contribution in [1.29, 1.82) is 0 Å². The van der Waals surface area contributed by atoms with Crippen LogP contribution in [0.1, 0.15) is 101 Å². The van der Waals surface area contributed by atoms with Crippen LogP contribution < -0.4 is 42.2 Å². The van der Waals surface area contributed by atoms with Gasteiger partial charge < -0.3 is 50.5 Å². The van der Waals surface area contributed by atoms with Crippen molar-refractivity contribution in [3.8, 4) is 0 Å². The van der Waals surface area contributed by atoms with Crippen molar-refractivity contribution in [3.05, 3.63) is 127 Å². The minimum absolute atomic E-state index is 0.00307. The van der Waals surface area contributed by atoms with Gasteiger partial charge in [-0.15, -0.1) is 0 Å². The van der Waals surface area contributed by atoms with Crippen molar-refractivity contribution in [3.63, 3.8) is 0 Å². The third kappa shape index (κ3) is 14.2. The number of rotatable bonds is 16. The molecule has 2 aromatic heterocycles. The molecule has 2 aromatic carbocycles. The summed E-state index contributed by atoms with van der Waals surface area (Å²) < 4.78 is 39.5. The Morgan fingerprint density at radius 3 is 1.35 bits per heavy atom. The fraction of sp³-hybridized carbons (Fsp3) is 0.594. The van der Waals surface area contributed by atoms with Crippen LogP contribution in [-0.4, -0.2) is 206 Å². The molecular weight excluding hydrogens is 1100 g/mol. The Balaban J connectivity index is 0.632. The molecule has 1 aliphatic carbocycles. The lowest BCUT2D eigenvalue weighted by Gasteiger charge is -2.43. The first-order valence-corrected chi connectivity index (χ1v) is 31.0. The second kappa shape index (κ2) is 25.8. The zero-order chi connectivity index (χ0) is 60.6. The summed E-state index contributed by atoms with van der Waals surface area (Å²) in [6.45, 7) is 20.5. The molecule has 0 spiro atoms. The number of nitrogens with zero attached hydrogens (tertiary/aromatic N) is 6. The standard InChI is InChI=1S/C64H86F2N12O8/c1-39-29-75(35-55(79)77-37-63(3,4)57-51(77)25-43(59(81)71-57)23-41-7-11-45(65)12-8-41)49(27-67-39)31-73-19-21-85-53(33-73)61(83)69-47-15-17-48(18-16-47)70-62(84)54-34-74(20-22-86-54)32-50-28-68-40(2)30-76(50)36-56(80)78-38-64(5,6)58-52(78)26-44(60(82)72-58)24-42-9-13-46(66)14-10-42/h7-14,25-26,39-40,47-50,53-54,67-68H,15-24,27-38H2,1-6H3,(H,69,83)(H,70,84)(H,71,81)(H,72,82)/t39-,40-,47?,48?,49-,50-,53+,54+/m1/s1. The molecule has 6 atom stereocenters. The first-order chi connectivity index (χ1) is 41.1. The summed E-state index contributed by atoms with van der Waals surface area (Å²) in [7, 11) is 0. The van der Waals surface area contributed by atoms with Gasteiger partial charge in [0.1, 0.15) is 23.8 Å². The molecule has 4 saturated heterocycles. The van der Waals surface area contributed by atoms with Crippen molar-refractivity contribution in [1.82, 2.24) is 50.8 Å². The van der Waals surface area contributed by atoms with E-state index in [-0.39, 0.29) is 95.7 Å². The van der Waals surface area contributed by atoms with Gasteiger partial charge in [0.05, 0.1) is 37.7 Å². The van der Waals surface area contributed by atoms with Gasteiger partial charge in [0.2, 0.25) is 11.8 Å². The van der Waals surface area contributed by atoms with E-state index in [0.717, 1.165) is 22.5 Å². The molecule has 6 aliphatic heterocycles. The maximum atomic E-state index is 14.4. The molecule has 1 saturated carbocycles. The van der Waals surface area contributed by atoms with Crippen molar-refractivity contribution in [2.24, 2.45) is 0 Å². The SMILES string of the molecule is C[C@@H]1CN(CC(=O)N2CC(C)(C)c3[nH]c(=O)c(Cc4ccc(F)cc4)cc32)[C@@H](CN2CCO[C@H](C(=O)NC3CCC(NC(=O)[C@@H]4CN(C[C@H]5CN[C@H](C)CN5CC(=O)N5CC(C)(C)c6[nH]c(=O)c(Cc7ccc(F)cc7)cc65)CCO4)CC3)C2)CN1. The summed E-state index contributed by atoms with van der Waals surface area (Å²) >= 11 is 0. The maximum absolute atomic E-state index is 14.4. The average molecular weight is 1190 g/mol. The number of aromatic amines is 2. The Hall–Kier alpha value is -6.24. The maximum Gasteiger partial charge on any atom is 0.251 e.